The zero-order valence-electron chi connectivity index (χ0n) is 11.0. The number of carbonyl (C=O) groups is 2. The monoisotopic (exact) mass is 242 g/mol. The molecule has 5 nitrogen and oxygen atoms in total. The summed E-state index contributed by atoms with van der Waals surface area (Å²) in [4.78, 5) is 24.9. The van der Waals surface area contributed by atoms with Crippen LogP contribution in [0.5, 0.6) is 0 Å². The molecule has 0 aliphatic carbocycles. The van der Waals surface area contributed by atoms with Crippen molar-refractivity contribution in [3.8, 4) is 0 Å². The van der Waals surface area contributed by atoms with Gasteiger partial charge in [-0.3, -0.25) is 14.5 Å². The maximum absolute atomic E-state index is 11.9. The largest absolute Gasteiger partial charge is 0.377 e. The second-order valence-electron chi connectivity index (χ2n) is 4.63. The van der Waals surface area contributed by atoms with E-state index in [1.54, 1.807) is 0 Å². The first-order chi connectivity index (χ1) is 7.97. The summed E-state index contributed by atoms with van der Waals surface area (Å²) in [5.41, 5.74) is 0. The minimum absolute atomic E-state index is 0.0519. The zero-order valence-corrected chi connectivity index (χ0v) is 11.0. The summed E-state index contributed by atoms with van der Waals surface area (Å²) in [5, 5.41) is 3.09. The minimum Gasteiger partial charge on any atom is -0.377 e. The average Bonchev–Trinajstić information content (AvgIpc) is 2.51. The zero-order chi connectivity index (χ0) is 13.0. The summed E-state index contributed by atoms with van der Waals surface area (Å²) in [5.74, 6) is -0.208. The fourth-order valence-electron chi connectivity index (χ4n) is 2.00. The Hall–Kier alpha value is -0.940. The molecule has 0 radical (unpaired) electrons. The summed E-state index contributed by atoms with van der Waals surface area (Å²) in [6, 6.07) is -0.445. The van der Waals surface area contributed by atoms with E-state index in [4.69, 9.17) is 4.74 Å². The lowest BCUT2D eigenvalue weighted by atomic mass is 10.2. The van der Waals surface area contributed by atoms with E-state index < -0.39 is 0 Å². The molecule has 17 heavy (non-hydrogen) atoms. The van der Waals surface area contributed by atoms with E-state index in [1.807, 2.05) is 27.7 Å². The Kier molecular flexibility index (Phi) is 5.08. The highest BCUT2D eigenvalue weighted by atomic mass is 16.5. The Morgan fingerprint density at radius 3 is 2.53 bits per heavy atom. The van der Waals surface area contributed by atoms with Crippen LogP contribution in [0.1, 0.15) is 34.1 Å². The Bertz CT molecular complexity index is 291. The Labute approximate surface area is 102 Å². The van der Waals surface area contributed by atoms with Gasteiger partial charge in [0.1, 0.15) is 0 Å². The van der Waals surface area contributed by atoms with Crippen LogP contribution in [0.2, 0.25) is 0 Å². The highest BCUT2D eigenvalue weighted by molar-refractivity contribution is 6.05. The average molecular weight is 242 g/mol. The topological polar surface area (TPSA) is 58.6 Å². The molecule has 0 spiro atoms. The van der Waals surface area contributed by atoms with Crippen molar-refractivity contribution in [2.24, 2.45) is 0 Å². The van der Waals surface area contributed by atoms with Crippen LogP contribution in [0.25, 0.3) is 0 Å². The first kappa shape index (κ1) is 14.1. The Morgan fingerprint density at radius 1 is 1.41 bits per heavy atom. The van der Waals surface area contributed by atoms with Gasteiger partial charge in [0.05, 0.1) is 18.6 Å². The lowest BCUT2D eigenvalue weighted by Gasteiger charge is -2.20. The Morgan fingerprint density at radius 2 is 2.06 bits per heavy atom. The molecule has 1 aliphatic rings. The quantitative estimate of drug-likeness (QED) is 0.691. The molecule has 0 aromatic heterocycles. The van der Waals surface area contributed by atoms with E-state index in [-0.39, 0.29) is 36.4 Å². The molecule has 5 heteroatoms. The van der Waals surface area contributed by atoms with Crippen LogP contribution in [-0.2, 0) is 14.3 Å². The highest BCUT2D eigenvalue weighted by Crippen LogP contribution is 2.16. The highest BCUT2D eigenvalue weighted by Gasteiger charge is 2.39. The molecule has 0 aromatic rings. The van der Waals surface area contributed by atoms with Crippen LogP contribution in [0, 0.1) is 0 Å². The number of nitrogens with one attached hydrogen (secondary N) is 1. The van der Waals surface area contributed by atoms with Crippen molar-refractivity contribution in [3.63, 3.8) is 0 Å². The molecule has 1 heterocycles. The van der Waals surface area contributed by atoms with Crippen LogP contribution < -0.4 is 5.32 Å². The molecule has 98 valence electrons. The normalized spacial score (nSPS) is 22.6. The molecule has 1 fully saturated rings. The van der Waals surface area contributed by atoms with Crippen molar-refractivity contribution < 1.29 is 14.3 Å². The van der Waals surface area contributed by atoms with Gasteiger partial charge >= 0.3 is 0 Å². The second-order valence-corrected chi connectivity index (χ2v) is 4.63. The van der Waals surface area contributed by atoms with Gasteiger partial charge in [0.25, 0.3) is 0 Å². The maximum Gasteiger partial charge on any atom is 0.247 e. The van der Waals surface area contributed by atoms with E-state index in [0.29, 0.717) is 13.2 Å². The van der Waals surface area contributed by atoms with Crippen molar-refractivity contribution in [2.45, 2.75) is 52.3 Å². The van der Waals surface area contributed by atoms with E-state index in [1.165, 1.54) is 4.90 Å². The third-order valence-corrected chi connectivity index (χ3v) is 2.80. The third kappa shape index (κ3) is 3.51. The lowest BCUT2D eigenvalue weighted by molar-refractivity contribution is -0.140. The van der Waals surface area contributed by atoms with Gasteiger partial charge < -0.3 is 10.1 Å². The molecule has 1 aliphatic heterocycles. The summed E-state index contributed by atoms with van der Waals surface area (Å²) < 4.78 is 5.37. The maximum atomic E-state index is 11.9. The van der Waals surface area contributed by atoms with Gasteiger partial charge in [-0.2, -0.15) is 0 Å². The molecule has 1 rings (SSSR count). The van der Waals surface area contributed by atoms with Crippen molar-refractivity contribution in [1.82, 2.24) is 10.2 Å². The van der Waals surface area contributed by atoms with Gasteiger partial charge in [-0.05, 0) is 27.7 Å². The van der Waals surface area contributed by atoms with Gasteiger partial charge in [0, 0.05) is 19.2 Å². The predicted molar refractivity (Wildman–Crippen MR) is 64.5 cm³/mol. The van der Waals surface area contributed by atoms with E-state index in [2.05, 4.69) is 5.32 Å². The summed E-state index contributed by atoms with van der Waals surface area (Å²) in [7, 11) is 0. The number of hydrogen-bond acceptors (Lipinski definition) is 4. The van der Waals surface area contributed by atoms with Crippen LogP contribution in [-0.4, -0.2) is 48.1 Å². The minimum atomic E-state index is -0.382. The smallest absolute Gasteiger partial charge is 0.247 e. The summed E-state index contributed by atoms with van der Waals surface area (Å²) in [6.45, 7) is 8.81. The SMILES string of the molecule is CCOC(C)CNC1CC(=O)N(C(C)C)C1=O. The van der Waals surface area contributed by atoms with Gasteiger partial charge in [0.15, 0.2) is 0 Å². The van der Waals surface area contributed by atoms with Crippen molar-refractivity contribution >= 4 is 11.8 Å². The van der Waals surface area contributed by atoms with Gasteiger partial charge in [-0.1, -0.05) is 0 Å². The molecular formula is C12H22N2O3. The molecule has 2 unspecified atom stereocenters. The molecule has 2 amide bonds. The van der Waals surface area contributed by atoms with Gasteiger partial charge in [-0.25, -0.2) is 0 Å². The number of imide groups is 1. The first-order valence-corrected chi connectivity index (χ1v) is 6.18. The number of likely N-dealkylation sites (tertiary alicyclic amines) is 1. The van der Waals surface area contributed by atoms with Crippen LogP contribution in [0.3, 0.4) is 0 Å². The van der Waals surface area contributed by atoms with Crippen molar-refractivity contribution in [2.75, 3.05) is 13.2 Å². The number of ether oxygens (including phenoxy) is 1. The van der Waals surface area contributed by atoms with Crippen LogP contribution >= 0.6 is 0 Å². The summed E-state index contributed by atoms with van der Waals surface area (Å²) in [6.07, 6.45) is 0.312. The fourth-order valence-corrected chi connectivity index (χ4v) is 2.00. The molecule has 1 N–H and O–H groups in total. The third-order valence-electron chi connectivity index (χ3n) is 2.80. The molecule has 1 saturated heterocycles. The fraction of sp³-hybridized carbons (Fsp3) is 0.833. The van der Waals surface area contributed by atoms with Gasteiger partial charge in [-0.15, -0.1) is 0 Å². The van der Waals surface area contributed by atoms with E-state index in [9.17, 15) is 9.59 Å². The standard InChI is InChI=1S/C12H22N2O3/c1-5-17-9(4)7-13-10-6-11(15)14(8(2)3)12(10)16/h8-10,13H,5-7H2,1-4H3. The molecule has 0 aromatic carbocycles. The number of carbonyl (C=O) groups excluding carboxylic acids is 2. The summed E-state index contributed by atoms with van der Waals surface area (Å²) >= 11 is 0. The second kappa shape index (κ2) is 6.12. The molecule has 0 bridgehead atoms. The van der Waals surface area contributed by atoms with Crippen molar-refractivity contribution in [3.05, 3.63) is 0 Å². The first-order valence-electron chi connectivity index (χ1n) is 6.18. The number of rotatable bonds is 6. The van der Waals surface area contributed by atoms with E-state index >= 15 is 0 Å². The van der Waals surface area contributed by atoms with Crippen LogP contribution in [0.15, 0.2) is 0 Å². The van der Waals surface area contributed by atoms with Gasteiger partial charge in [0.2, 0.25) is 11.8 Å². The molecule has 0 saturated carbocycles. The molecular weight excluding hydrogens is 220 g/mol. The van der Waals surface area contributed by atoms with Crippen molar-refractivity contribution in [1.29, 1.82) is 0 Å². The number of amides is 2. The van der Waals surface area contributed by atoms with Crippen LogP contribution in [0.4, 0.5) is 0 Å². The lowest BCUT2D eigenvalue weighted by Crippen LogP contribution is -2.43. The predicted octanol–water partition coefficient (Wildman–Crippen LogP) is 0.537. The number of nitrogens with zero attached hydrogens (tertiary/aromatic N) is 1. The van der Waals surface area contributed by atoms with E-state index in [0.717, 1.165) is 0 Å². The molecule has 2 atom stereocenters. The number of hydrogen-bond donors (Lipinski definition) is 1. The Balaban J connectivity index is 2.47.